The summed E-state index contributed by atoms with van der Waals surface area (Å²) in [5.74, 6) is -2.71. The first-order valence-corrected chi connectivity index (χ1v) is 5.99. The van der Waals surface area contributed by atoms with Crippen molar-refractivity contribution >= 4 is 17.8 Å². The smallest absolute Gasteiger partial charge is 0.322 e. The number of aliphatic carboxylic acids is 2. The average Bonchev–Trinajstić information content (AvgIpc) is 2.25. The lowest BCUT2D eigenvalue weighted by Crippen LogP contribution is -2.53. The van der Waals surface area contributed by atoms with Crippen LogP contribution >= 0.6 is 0 Å². The molecule has 0 aromatic heterocycles. The van der Waals surface area contributed by atoms with Crippen LogP contribution in [0.5, 0.6) is 0 Å². The zero-order valence-corrected chi connectivity index (χ0v) is 11.0. The summed E-state index contributed by atoms with van der Waals surface area (Å²) in [4.78, 5) is 32.5. The molecule has 110 valence electrons. The third kappa shape index (κ3) is 8.11. The van der Waals surface area contributed by atoms with Gasteiger partial charge in [0, 0.05) is 6.42 Å². The highest BCUT2D eigenvalue weighted by molar-refractivity contribution is 5.77. The Bertz CT molecular complexity index is 332. The highest BCUT2D eigenvalue weighted by Gasteiger charge is 2.23. The van der Waals surface area contributed by atoms with Crippen LogP contribution in [-0.4, -0.2) is 40.1 Å². The van der Waals surface area contributed by atoms with E-state index in [1.165, 1.54) is 0 Å². The van der Waals surface area contributed by atoms with Crippen molar-refractivity contribution < 1.29 is 24.6 Å². The molecule has 6 N–H and O–H groups in total. The number of hydrogen-bond donors (Lipinski definition) is 5. The third-order valence-corrected chi connectivity index (χ3v) is 2.41. The molecule has 0 aliphatic carbocycles. The lowest BCUT2D eigenvalue weighted by Gasteiger charge is -2.20. The van der Waals surface area contributed by atoms with Gasteiger partial charge < -0.3 is 15.9 Å². The van der Waals surface area contributed by atoms with Crippen LogP contribution in [-0.2, 0) is 14.4 Å². The van der Waals surface area contributed by atoms with Crippen molar-refractivity contribution in [2.45, 2.75) is 45.2 Å². The Hall–Kier alpha value is -1.67. The van der Waals surface area contributed by atoms with Gasteiger partial charge in [0.15, 0.2) is 0 Å². The molecule has 0 rings (SSSR count). The highest BCUT2D eigenvalue weighted by Crippen LogP contribution is 2.05. The fraction of sp³-hybridized carbons (Fsp3) is 0.727. The van der Waals surface area contributed by atoms with E-state index in [1.54, 1.807) is 0 Å². The molecule has 8 nitrogen and oxygen atoms in total. The normalized spacial score (nSPS) is 14.1. The van der Waals surface area contributed by atoms with Gasteiger partial charge in [-0.2, -0.15) is 0 Å². The van der Waals surface area contributed by atoms with Gasteiger partial charge in [-0.05, 0) is 18.8 Å². The predicted molar refractivity (Wildman–Crippen MR) is 67.0 cm³/mol. The lowest BCUT2D eigenvalue weighted by molar-refractivity contribution is -0.143. The Morgan fingerprint density at radius 2 is 1.53 bits per heavy atom. The molecule has 0 bridgehead atoms. The molecule has 0 spiro atoms. The van der Waals surface area contributed by atoms with Crippen LogP contribution in [0, 0.1) is 5.92 Å². The minimum atomic E-state index is -1.18. The Kier molecular flexibility index (Phi) is 7.69. The fourth-order valence-corrected chi connectivity index (χ4v) is 1.44. The van der Waals surface area contributed by atoms with Crippen molar-refractivity contribution in [2.24, 2.45) is 11.7 Å². The molecule has 1 amide bonds. The Labute approximate surface area is 111 Å². The van der Waals surface area contributed by atoms with Crippen LogP contribution in [0.15, 0.2) is 0 Å². The number of carbonyl (C=O) groups excluding carboxylic acids is 1. The van der Waals surface area contributed by atoms with Crippen LogP contribution < -0.4 is 16.6 Å². The van der Waals surface area contributed by atoms with Crippen molar-refractivity contribution in [1.29, 1.82) is 0 Å². The summed E-state index contributed by atoms with van der Waals surface area (Å²) in [5, 5.41) is 17.9. The number of nitrogens with one attached hydrogen (secondary N) is 2. The first-order valence-electron chi connectivity index (χ1n) is 5.99. The molecule has 0 aliphatic heterocycles. The molecular weight excluding hydrogens is 254 g/mol. The zero-order chi connectivity index (χ0) is 15.0. The number of carboxylic acid groups (broad SMARTS) is 2. The van der Waals surface area contributed by atoms with Gasteiger partial charge in [-0.1, -0.05) is 13.8 Å². The van der Waals surface area contributed by atoms with E-state index in [4.69, 9.17) is 15.9 Å². The number of hydrazine groups is 1. The van der Waals surface area contributed by atoms with Gasteiger partial charge in [-0.15, -0.1) is 0 Å². The lowest BCUT2D eigenvalue weighted by atomic mass is 10.0. The second-order valence-corrected chi connectivity index (χ2v) is 4.70. The maximum absolute atomic E-state index is 11.0. The topological polar surface area (TPSA) is 142 Å². The molecular formula is C11H21N3O5. The summed E-state index contributed by atoms with van der Waals surface area (Å²) in [7, 11) is 0. The molecule has 0 unspecified atom stereocenters. The molecule has 0 saturated carbocycles. The number of carboxylic acids is 2. The van der Waals surface area contributed by atoms with Gasteiger partial charge in [0.05, 0.1) is 0 Å². The van der Waals surface area contributed by atoms with Crippen LogP contribution in [0.2, 0.25) is 0 Å². The summed E-state index contributed by atoms with van der Waals surface area (Å²) in [6, 6.07) is -1.96. The monoisotopic (exact) mass is 275 g/mol. The van der Waals surface area contributed by atoms with Crippen molar-refractivity contribution in [1.82, 2.24) is 10.9 Å². The summed E-state index contributed by atoms with van der Waals surface area (Å²) >= 11 is 0. The van der Waals surface area contributed by atoms with Gasteiger partial charge in [0.25, 0.3) is 0 Å². The molecule has 0 aromatic carbocycles. The average molecular weight is 275 g/mol. The maximum atomic E-state index is 11.0. The molecule has 8 heteroatoms. The molecule has 0 aromatic rings. The van der Waals surface area contributed by atoms with Gasteiger partial charge in [0.2, 0.25) is 5.91 Å². The number of amides is 1. The SMILES string of the molecule is CC(C)C[C@H](NN[C@@H](CCC(N)=O)C(=O)O)C(=O)O. The van der Waals surface area contributed by atoms with Gasteiger partial charge >= 0.3 is 11.9 Å². The number of rotatable bonds is 10. The number of hydrogen-bond acceptors (Lipinski definition) is 5. The van der Waals surface area contributed by atoms with Crippen molar-refractivity contribution in [2.75, 3.05) is 0 Å². The van der Waals surface area contributed by atoms with Crippen molar-refractivity contribution in [3.63, 3.8) is 0 Å². The standard InChI is InChI=1S/C11H21N3O5/c1-6(2)5-8(11(18)19)14-13-7(10(16)17)3-4-9(12)15/h6-8,13-14H,3-5H2,1-2H3,(H2,12,15)(H,16,17)(H,18,19)/t7-,8-/m0/s1. The van der Waals surface area contributed by atoms with E-state index in [0.29, 0.717) is 6.42 Å². The zero-order valence-electron chi connectivity index (χ0n) is 11.0. The van der Waals surface area contributed by atoms with Crippen LogP contribution in [0.3, 0.4) is 0 Å². The van der Waals surface area contributed by atoms with E-state index in [2.05, 4.69) is 10.9 Å². The first kappa shape index (κ1) is 17.3. The quantitative estimate of drug-likeness (QED) is 0.332. The Morgan fingerprint density at radius 3 is 1.89 bits per heavy atom. The van der Waals surface area contributed by atoms with Gasteiger partial charge in [-0.25, -0.2) is 10.9 Å². The third-order valence-electron chi connectivity index (χ3n) is 2.41. The number of nitrogens with two attached hydrogens (primary N) is 1. The van der Waals surface area contributed by atoms with E-state index >= 15 is 0 Å². The maximum Gasteiger partial charge on any atom is 0.322 e. The van der Waals surface area contributed by atoms with E-state index in [9.17, 15) is 14.4 Å². The van der Waals surface area contributed by atoms with E-state index in [-0.39, 0.29) is 18.8 Å². The van der Waals surface area contributed by atoms with Gasteiger partial charge in [-0.3, -0.25) is 14.4 Å². The second-order valence-electron chi connectivity index (χ2n) is 4.70. The van der Waals surface area contributed by atoms with Crippen LogP contribution in [0.25, 0.3) is 0 Å². The largest absolute Gasteiger partial charge is 0.480 e. The number of carbonyl (C=O) groups is 3. The molecule has 0 heterocycles. The molecule has 2 atom stereocenters. The van der Waals surface area contributed by atoms with E-state index in [0.717, 1.165) is 0 Å². The van der Waals surface area contributed by atoms with Crippen LogP contribution in [0.1, 0.15) is 33.1 Å². The molecule has 0 aliphatic rings. The molecule has 0 radical (unpaired) electrons. The summed E-state index contributed by atoms with van der Waals surface area (Å²) in [5.41, 5.74) is 9.83. The Balaban J connectivity index is 4.37. The highest BCUT2D eigenvalue weighted by atomic mass is 16.4. The predicted octanol–water partition coefficient (Wildman–Crippen LogP) is -0.701. The Morgan fingerprint density at radius 1 is 1.05 bits per heavy atom. The minimum Gasteiger partial charge on any atom is -0.480 e. The van der Waals surface area contributed by atoms with Crippen LogP contribution in [0.4, 0.5) is 0 Å². The second kappa shape index (κ2) is 8.44. The molecule has 0 saturated heterocycles. The van der Waals surface area contributed by atoms with E-state index in [1.807, 2.05) is 13.8 Å². The summed E-state index contributed by atoms with van der Waals surface area (Å²) in [6.45, 7) is 3.72. The number of primary amides is 1. The minimum absolute atomic E-state index is 0.00825. The van der Waals surface area contributed by atoms with Gasteiger partial charge in [0.1, 0.15) is 12.1 Å². The fourth-order valence-electron chi connectivity index (χ4n) is 1.44. The first-order chi connectivity index (χ1) is 8.73. The molecule has 0 fully saturated rings. The van der Waals surface area contributed by atoms with Crippen molar-refractivity contribution in [3.05, 3.63) is 0 Å². The summed E-state index contributed by atoms with van der Waals surface area (Å²) in [6.07, 6.45) is 0.254. The van der Waals surface area contributed by atoms with E-state index < -0.39 is 29.9 Å². The van der Waals surface area contributed by atoms with Crippen molar-refractivity contribution in [3.8, 4) is 0 Å². The summed E-state index contributed by atoms with van der Waals surface area (Å²) < 4.78 is 0. The molecule has 19 heavy (non-hydrogen) atoms.